The van der Waals surface area contributed by atoms with Crippen LogP contribution in [0.25, 0.3) is 10.1 Å². The molecule has 0 amide bonds. The van der Waals surface area contributed by atoms with Crippen LogP contribution in [0.5, 0.6) is 0 Å². The highest BCUT2D eigenvalue weighted by molar-refractivity contribution is 7.17. The fraction of sp³-hybridized carbons (Fsp3) is 0.333. The molecule has 0 saturated carbocycles. The molecular formula is C12H13FS. The van der Waals surface area contributed by atoms with Crippen molar-refractivity contribution in [2.75, 3.05) is 0 Å². The van der Waals surface area contributed by atoms with Crippen LogP contribution in [0.3, 0.4) is 0 Å². The van der Waals surface area contributed by atoms with Crippen LogP contribution in [-0.4, -0.2) is 0 Å². The summed E-state index contributed by atoms with van der Waals surface area (Å²) in [4.78, 5) is 0. The molecule has 0 nitrogen and oxygen atoms in total. The lowest BCUT2D eigenvalue weighted by molar-refractivity contribution is 0.641. The molecular weight excluding hydrogens is 195 g/mol. The number of thiophene rings is 1. The molecule has 0 aliphatic heterocycles. The van der Waals surface area contributed by atoms with Gasteiger partial charge in [-0.1, -0.05) is 19.9 Å². The molecule has 0 atom stereocenters. The Morgan fingerprint density at radius 2 is 1.86 bits per heavy atom. The van der Waals surface area contributed by atoms with Gasteiger partial charge < -0.3 is 0 Å². The van der Waals surface area contributed by atoms with E-state index in [0.717, 1.165) is 22.9 Å². The molecule has 1 aromatic heterocycles. The zero-order chi connectivity index (χ0) is 10.1. The van der Waals surface area contributed by atoms with E-state index < -0.39 is 0 Å². The molecule has 14 heavy (non-hydrogen) atoms. The first-order valence-electron chi connectivity index (χ1n) is 4.95. The van der Waals surface area contributed by atoms with E-state index in [4.69, 9.17) is 0 Å². The van der Waals surface area contributed by atoms with E-state index in [1.54, 1.807) is 6.07 Å². The highest BCUT2D eigenvalue weighted by atomic mass is 32.1. The monoisotopic (exact) mass is 208 g/mol. The predicted molar refractivity (Wildman–Crippen MR) is 60.5 cm³/mol. The highest BCUT2D eigenvalue weighted by Crippen LogP contribution is 2.31. The number of benzene rings is 1. The molecule has 1 heterocycles. The molecule has 2 rings (SSSR count). The Morgan fingerprint density at radius 3 is 2.50 bits per heavy atom. The minimum Gasteiger partial charge on any atom is -0.205 e. The fourth-order valence-electron chi connectivity index (χ4n) is 1.81. The molecule has 0 bridgehead atoms. The van der Waals surface area contributed by atoms with Crippen molar-refractivity contribution >= 4 is 21.4 Å². The average Bonchev–Trinajstić information content (AvgIpc) is 2.63. The summed E-state index contributed by atoms with van der Waals surface area (Å²) < 4.78 is 14.3. The van der Waals surface area contributed by atoms with Crippen molar-refractivity contribution in [1.29, 1.82) is 0 Å². The number of rotatable bonds is 2. The molecule has 2 aromatic rings. The number of hydrogen-bond donors (Lipinski definition) is 0. The topological polar surface area (TPSA) is 0 Å². The van der Waals surface area contributed by atoms with E-state index in [-0.39, 0.29) is 5.82 Å². The van der Waals surface area contributed by atoms with Crippen LogP contribution in [0.2, 0.25) is 0 Å². The van der Waals surface area contributed by atoms with Gasteiger partial charge >= 0.3 is 0 Å². The lowest BCUT2D eigenvalue weighted by atomic mass is 10.0. The van der Waals surface area contributed by atoms with Gasteiger partial charge in [0.15, 0.2) is 0 Å². The Labute approximate surface area is 87.4 Å². The Hall–Kier alpha value is -0.890. The van der Waals surface area contributed by atoms with E-state index in [1.807, 2.05) is 6.07 Å². The number of fused-ring (bicyclic) bond motifs is 1. The zero-order valence-corrected chi connectivity index (χ0v) is 9.25. The minimum atomic E-state index is -0.0816. The van der Waals surface area contributed by atoms with Crippen molar-refractivity contribution in [2.45, 2.75) is 26.7 Å². The molecule has 74 valence electrons. The molecule has 0 N–H and O–H groups in total. The van der Waals surface area contributed by atoms with E-state index in [2.05, 4.69) is 19.2 Å². The van der Waals surface area contributed by atoms with Gasteiger partial charge in [-0.05, 0) is 35.4 Å². The van der Waals surface area contributed by atoms with Gasteiger partial charge in [0.1, 0.15) is 5.82 Å². The second-order valence-electron chi connectivity index (χ2n) is 3.38. The Balaban J connectivity index is 2.82. The average molecular weight is 208 g/mol. The number of halogens is 1. The van der Waals surface area contributed by atoms with Gasteiger partial charge in [0.25, 0.3) is 0 Å². The Morgan fingerprint density at radius 1 is 1.14 bits per heavy atom. The molecule has 0 aliphatic carbocycles. The normalized spacial score (nSPS) is 11.1. The van der Waals surface area contributed by atoms with Gasteiger partial charge in [0, 0.05) is 5.39 Å². The van der Waals surface area contributed by atoms with Gasteiger partial charge in [-0.15, -0.1) is 11.3 Å². The van der Waals surface area contributed by atoms with Crippen LogP contribution >= 0.6 is 11.3 Å². The molecule has 0 spiro atoms. The number of hydrogen-bond acceptors (Lipinski definition) is 1. The second kappa shape index (κ2) is 3.70. The summed E-state index contributed by atoms with van der Waals surface area (Å²) in [6, 6.07) is 3.49. The molecule has 0 saturated heterocycles. The van der Waals surface area contributed by atoms with Crippen molar-refractivity contribution < 1.29 is 4.39 Å². The lowest BCUT2D eigenvalue weighted by Gasteiger charge is -2.02. The summed E-state index contributed by atoms with van der Waals surface area (Å²) in [5, 5.41) is 3.23. The quantitative estimate of drug-likeness (QED) is 0.695. The second-order valence-corrected chi connectivity index (χ2v) is 4.26. The fourth-order valence-corrected chi connectivity index (χ4v) is 2.91. The van der Waals surface area contributed by atoms with E-state index in [9.17, 15) is 4.39 Å². The van der Waals surface area contributed by atoms with Gasteiger partial charge in [-0.25, -0.2) is 4.39 Å². The SMILES string of the molecule is CCc1ccc(F)c2scc(CC)c12. The van der Waals surface area contributed by atoms with Crippen LogP contribution < -0.4 is 0 Å². The van der Waals surface area contributed by atoms with Gasteiger partial charge in [-0.2, -0.15) is 0 Å². The van der Waals surface area contributed by atoms with Gasteiger partial charge in [0.2, 0.25) is 0 Å². The summed E-state index contributed by atoms with van der Waals surface area (Å²) in [6.45, 7) is 4.23. The largest absolute Gasteiger partial charge is 0.205 e. The highest BCUT2D eigenvalue weighted by Gasteiger charge is 2.10. The summed E-state index contributed by atoms with van der Waals surface area (Å²) >= 11 is 1.52. The molecule has 2 heteroatoms. The van der Waals surface area contributed by atoms with Gasteiger partial charge in [0.05, 0.1) is 4.70 Å². The first-order valence-corrected chi connectivity index (χ1v) is 5.83. The minimum absolute atomic E-state index is 0.0816. The molecule has 0 radical (unpaired) electrons. The molecule has 0 fully saturated rings. The van der Waals surface area contributed by atoms with E-state index >= 15 is 0 Å². The van der Waals surface area contributed by atoms with Crippen LogP contribution in [0.15, 0.2) is 17.5 Å². The van der Waals surface area contributed by atoms with Crippen LogP contribution in [-0.2, 0) is 12.8 Å². The third kappa shape index (κ3) is 1.34. The smallest absolute Gasteiger partial charge is 0.141 e. The standard InChI is InChI=1S/C12H13FS/c1-3-8-5-6-10(13)12-11(8)9(4-2)7-14-12/h5-7H,3-4H2,1-2H3. The summed E-state index contributed by atoms with van der Waals surface area (Å²) in [5.74, 6) is -0.0816. The van der Waals surface area contributed by atoms with Crippen molar-refractivity contribution in [2.24, 2.45) is 0 Å². The van der Waals surface area contributed by atoms with Crippen LogP contribution in [0, 0.1) is 5.82 Å². The van der Waals surface area contributed by atoms with Crippen molar-refractivity contribution in [3.05, 3.63) is 34.5 Å². The maximum atomic E-state index is 13.5. The molecule has 0 aliphatic rings. The molecule has 0 unspecified atom stereocenters. The summed E-state index contributed by atoms with van der Waals surface area (Å²) in [7, 11) is 0. The van der Waals surface area contributed by atoms with Crippen molar-refractivity contribution in [3.8, 4) is 0 Å². The van der Waals surface area contributed by atoms with Crippen molar-refractivity contribution in [3.63, 3.8) is 0 Å². The first-order chi connectivity index (χ1) is 6.77. The Kier molecular flexibility index (Phi) is 2.55. The third-order valence-electron chi connectivity index (χ3n) is 2.60. The van der Waals surface area contributed by atoms with Crippen LogP contribution in [0.4, 0.5) is 4.39 Å². The van der Waals surface area contributed by atoms with Gasteiger partial charge in [-0.3, -0.25) is 0 Å². The number of aryl methyl sites for hydroxylation is 2. The maximum absolute atomic E-state index is 13.5. The third-order valence-corrected chi connectivity index (χ3v) is 3.64. The first kappa shape index (κ1) is 9.66. The van der Waals surface area contributed by atoms with Crippen molar-refractivity contribution in [1.82, 2.24) is 0 Å². The maximum Gasteiger partial charge on any atom is 0.141 e. The molecule has 1 aromatic carbocycles. The lowest BCUT2D eigenvalue weighted by Crippen LogP contribution is -1.86. The van der Waals surface area contributed by atoms with Crippen LogP contribution in [0.1, 0.15) is 25.0 Å². The van der Waals surface area contributed by atoms with E-state index in [0.29, 0.717) is 0 Å². The summed E-state index contributed by atoms with van der Waals surface area (Å²) in [5.41, 5.74) is 2.54. The Bertz CT molecular complexity index is 457. The zero-order valence-electron chi connectivity index (χ0n) is 8.43. The van der Waals surface area contributed by atoms with E-state index in [1.165, 1.54) is 22.5 Å². The summed E-state index contributed by atoms with van der Waals surface area (Å²) in [6.07, 6.45) is 1.96. The predicted octanol–water partition coefficient (Wildman–Crippen LogP) is 4.17.